The van der Waals surface area contributed by atoms with E-state index in [2.05, 4.69) is 18.7 Å². The average molecular weight is 355 g/mol. The molecule has 0 bridgehead atoms. The van der Waals surface area contributed by atoms with E-state index in [0.717, 1.165) is 31.6 Å². The Hall–Kier alpha value is -1.60. The van der Waals surface area contributed by atoms with E-state index in [1.54, 1.807) is 4.90 Å². The maximum atomic E-state index is 12.8. The largest absolute Gasteiger partial charge is 0.416 e. The number of hydrogen-bond acceptors (Lipinski definition) is 3. The van der Waals surface area contributed by atoms with Crippen LogP contribution in [0.2, 0.25) is 0 Å². The van der Waals surface area contributed by atoms with Gasteiger partial charge in [0.05, 0.1) is 11.6 Å². The zero-order chi connectivity index (χ0) is 18.4. The first-order valence-corrected chi connectivity index (χ1v) is 8.58. The van der Waals surface area contributed by atoms with Gasteiger partial charge in [0.1, 0.15) is 0 Å². The molecule has 138 valence electrons. The van der Waals surface area contributed by atoms with Gasteiger partial charge in [0, 0.05) is 31.4 Å². The van der Waals surface area contributed by atoms with Gasteiger partial charge in [0.2, 0.25) is 5.91 Å². The number of nitrogens with zero attached hydrogens (tertiary/aromatic N) is 2. The molecule has 25 heavy (non-hydrogen) atoms. The third-order valence-electron chi connectivity index (χ3n) is 5.47. The van der Waals surface area contributed by atoms with Gasteiger partial charge in [-0.1, -0.05) is 13.8 Å². The zero-order valence-corrected chi connectivity index (χ0v) is 14.5. The van der Waals surface area contributed by atoms with Crippen LogP contribution in [-0.4, -0.2) is 42.5 Å². The first-order valence-electron chi connectivity index (χ1n) is 8.58. The normalized spacial score (nSPS) is 27.8. The highest BCUT2D eigenvalue weighted by molar-refractivity contribution is 5.99. The quantitative estimate of drug-likeness (QED) is 0.888. The number of rotatable bonds is 2. The zero-order valence-electron chi connectivity index (χ0n) is 14.5. The van der Waals surface area contributed by atoms with Crippen molar-refractivity contribution in [2.75, 3.05) is 24.5 Å². The fraction of sp³-hybridized carbons (Fsp3) is 0.611. The van der Waals surface area contributed by atoms with Crippen molar-refractivity contribution in [1.29, 1.82) is 0 Å². The van der Waals surface area contributed by atoms with Gasteiger partial charge in [0.15, 0.2) is 0 Å². The topological polar surface area (TPSA) is 49.6 Å². The molecule has 0 saturated carbocycles. The van der Waals surface area contributed by atoms with Crippen LogP contribution in [0.3, 0.4) is 0 Å². The van der Waals surface area contributed by atoms with Crippen LogP contribution in [0.25, 0.3) is 0 Å². The van der Waals surface area contributed by atoms with Crippen molar-refractivity contribution in [3.8, 4) is 0 Å². The second-order valence-corrected chi connectivity index (χ2v) is 7.69. The van der Waals surface area contributed by atoms with Crippen molar-refractivity contribution in [3.63, 3.8) is 0 Å². The first-order chi connectivity index (χ1) is 11.6. The second kappa shape index (κ2) is 6.29. The van der Waals surface area contributed by atoms with Crippen LogP contribution >= 0.6 is 0 Å². The maximum Gasteiger partial charge on any atom is 0.416 e. The van der Waals surface area contributed by atoms with Gasteiger partial charge in [-0.05, 0) is 42.5 Å². The van der Waals surface area contributed by atoms with E-state index < -0.39 is 11.7 Å². The molecule has 1 amide bonds. The molecule has 0 aromatic heterocycles. The summed E-state index contributed by atoms with van der Waals surface area (Å²) in [5, 5.41) is 0. The minimum atomic E-state index is -4.37. The smallest absolute Gasteiger partial charge is 0.327 e. The number of benzene rings is 1. The van der Waals surface area contributed by atoms with Crippen LogP contribution in [-0.2, 0) is 11.0 Å². The highest BCUT2D eigenvalue weighted by Gasteiger charge is 2.42. The second-order valence-electron chi connectivity index (χ2n) is 7.69. The molecule has 2 saturated heterocycles. The molecule has 4 nitrogen and oxygen atoms in total. The number of amides is 1. The maximum absolute atomic E-state index is 12.8. The molecule has 0 aliphatic carbocycles. The van der Waals surface area contributed by atoms with Crippen molar-refractivity contribution in [2.45, 2.75) is 44.9 Å². The first kappa shape index (κ1) is 18.2. The van der Waals surface area contributed by atoms with Crippen LogP contribution in [0.1, 0.15) is 32.3 Å². The van der Waals surface area contributed by atoms with E-state index in [4.69, 9.17) is 5.73 Å². The van der Waals surface area contributed by atoms with E-state index in [9.17, 15) is 18.0 Å². The number of piperidine rings is 1. The Labute approximate surface area is 145 Å². The molecule has 1 aromatic carbocycles. The lowest BCUT2D eigenvalue weighted by atomic mass is 9.79. The molecule has 2 N–H and O–H groups in total. The highest BCUT2D eigenvalue weighted by atomic mass is 19.4. The number of carbonyl (C=O) groups excluding carboxylic acids is 1. The standard InChI is InChI=1S/C18H24F3N3O/c1-17(2)11-23(9-8-15(17)22)14-7-10-24(16(14)25)13-5-3-12(4-6-13)18(19,20)21/h3-6,14-15H,7-11,22H2,1-2H3. The third-order valence-corrected chi connectivity index (χ3v) is 5.47. The van der Waals surface area contributed by atoms with Crippen LogP contribution in [0, 0.1) is 5.41 Å². The summed E-state index contributed by atoms with van der Waals surface area (Å²) in [5.74, 6) is -0.0361. The summed E-state index contributed by atoms with van der Waals surface area (Å²) in [7, 11) is 0. The third kappa shape index (κ3) is 3.53. The molecule has 0 radical (unpaired) electrons. The van der Waals surface area contributed by atoms with E-state index in [1.165, 1.54) is 12.1 Å². The number of hydrogen-bond donors (Lipinski definition) is 1. The summed E-state index contributed by atoms with van der Waals surface area (Å²) in [4.78, 5) is 16.6. The van der Waals surface area contributed by atoms with Gasteiger partial charge in [-0.25, -0.2) is 0 Å². The number of carbonyl (C=O) groups is 1. The Bertz CT molecular complexity index is 642. The Morgan fingerprint density at radius 3 is 2.32 bits per heavy atom. The van der Waals surface area contributed by atoms with E-state index >= 15 is 0 Å². The molecule has 2 atom stereocenters. The molecule has 2 aliphatic heterocycles. The van der Waals surface area contributed by atoms with E-state index in [1.807, 2.05) is 0 Å². The molecule has 3 rings (SSSR count). The van der Waals surface area contributed by atoms with Crippen LogP contribution in [0.4, 0.5) is 18.9 Å². The summed E-state index contributed by atoms with van der Waals surface area (Å²) in [6.07, 6.45) is -2.84. The van der Waals surface area contributed by atoms with Gasteiger partial charge in [-0.3, -0.25) is 9.69 Å². The average Bonchev–Trinajstić information content (AvgIpc) is 2.91. The predicted octanol–water partition coefficient (Wildman–Crippen LogP) is 2.87. The van der Waals surface area contributed by atoms with E-state index in [0.29, 0.717) is 18.7 Å². The molecule has 2 heterocycles. The van der Waals surface area contributed by atoms with Crippen LogP contribution in [0.15, 0.2) is 24.3 Å². The Kier molecular flexibility index (Phi) is 4.58. The van der Waals surface area contributed by atoms with Crippen molar-refractivity contribution in [2.24, 2.45) is 11.1 Å². The molecule has 2 fully saturated rings. The summed E-state index contributed by atoms with van der Waals surface area (Å²) >= 11 is 0. The van der Waals surface area contributed by atoms with Gasteiger partial charge >= 0.3 is 6.18 Å². The monoisotopic (exact) mass is 355 g/mol. The van der Waals surface area contributed by atoms with Gasteiger partial charge in [-0.2, -0.15) is 13.2 Å². The molecular formula is C18H24F3N3O. The number of halogens is 3. The summed E-state index contributed by atoms with van der Waals surface area (Å²) in [6, 6.07) is 4.70. The molecule has 2 unspecified atom stereocenters. The summed E-state index contributed by atoms with van der Waals surface area (Å²) < 4.78 is 38.1. The van der Waals surface area contributed by atoms with Gasteiger partial charge < -0.3 is 10.6 Å². The molecule has 0 spiro atoms. The fourth-order valence-electron chi connectivity index (χ4n) is 3.77. The van der Waals surface area contributed by atoms with Crippen LogP contribution in [0.5, 0.6) is 0 Å². The number of alkyl halides is 3. The van der Waals surface area contributed by atoms with Crippen molar-refractivity contribution >= 4 is 11.6 Å². The van der Waals surface area contributed by atoms with E-state index in [-0.39, 0.29) is 23.4 Å². The van der Waals surface area contributed by atoms with Crippen LogP contribution < -0.4 is 10.6 Å². The molecular weight excluding hydrogens is 331 g/mol. The molecule has 1 aromatic rings. The lowest BCUT2D eigenvalue weighted by Crippen LogP contribution is -2.56. The SMILES string of the molecule is CC1(C)CN(C2CCN(c3ccc(C(F)(F)F)cc3)C2=O)CCC1N. The van der Waals surface area contributed by atoms with Crippen molar-refractivity contribution < 1.29 is 18.0 Å². The molecule has 7 heteroatoms. The lowest BCUT2D eigenvalue weighted by molar-refractivity contribution is -0.137. The lowest BCUT2D eigenvalue weighted by Gasteiger charge is -2.44. The number of anilines is 1. The minimum Gasteiger partial charge on any atom is -0.327 e. The van der Waals surface area contributed by atoms with Crippen molar-refractivity contribution in [3.05, 3.63) is 29.8 Å². The number of likely N-dealkylation sites (tertiary alicyclic amines) is 1. The van der Waals surface area contributed by atoms with Gasteiger partial charge in [-0.15, -0.1) is 0 Å². The minimum absolute atomic E-state index is 0.0361. The Morgan fingerprint density at radius 2 is 1.76 bits per heavy atom. The Morgan fingerprint density at radius 1 is 1.12 bits per heavy atom. The Balaban J connectivity index is 1.72. The summed E-state index contributed by atoms with van der Waals surface area (Å²) in [6.45, 7) is 6.28. The predicted molar refractivity (Wildman–Crippen MR) is 90.1 cm³/mol. The number of nitrogens with two attached hydrogens (primary N) is 1. The molecule has 2 aliphatic rings. The fourth-order valence-corrected chi connectivity index (χ4v) is 3.77. The highest BCUT2D eigenvalue weighted by Crippen LogP contribution is 2.34. The van der Waals surface area contributed by atoms with Crippen molar-refractivity contribution in [1.82, 2.24) is 4.90 Å². The summed E-state index contributed by atoms with van der Waals surface area (Å²) in [5.41, 5.74) is 5.93. The van der Waals surface area contributed by atoms with Gasteiger partial charge in [0.25, 0.3) is 0 Å².